The lowest BCUT2D eigenvalue weighted by atomic mass is 9.76. The summed E-state index contributed by atoms with van der Waals surface area (Å²) in [5.74, 6) is 0. The third kappa shape index (κ3) is 5.02. The molecular formula is C21H32BF3N2O3Si. The molecule has 5 nitrogen and oxygen atoms in total. The molecule has 1 saturated heterocycles. The Kier molecular flexibility index (Phi) is 6.19. The minimum absolute atomic E-state index is 0.159. The van der Waals surface area contributed by atoms with E-state index in [1.807, 2.05) is 27.7 Å². The molecule has 1 fully saturated rings. The Bertz CT molecular complexity index is 951. The number of aromatic nitrogens is 2. The summed E-state index contributed by atoms with van der Waals surface area (Å²) >= 11 is 0. The summed E-state index contributed by atoms with van der Waals surface area (Å²) in [5, 5.41) is 4.90. The fraction of sp³-hybridized carbons (Fsp3) is 0.667. The molecule has 2 aromatic rings. The van der Waals surface area contributed by atoms with Crippen LogP contribution in [0.1, 0.15) is 39.0 Å². The molecule has 10 heteroatoms. The van der Waals surface area contributed by atoms with Crippen molar-refractivity contribution in [2.75, 3.05) is 6.61 Å². The summed E-state index contributed by atoms with van der Waals surface area (Å²) in [7, 11) is -2.19. The van der Waals surface area contributed by atoms with Crippen molar-refractivity contribution in [1.29, 1.82) is 0 Å². The summed E-state index contributed by atoms with van der Waals surface area (Å²) < 4.78 is 60.6. The van der Waals surface area contributed by atoms with Crippen molar-refractivity contribution in [3.8, 4) is 0 Å². The Morgan fingerprint density at radius 3 is 2.19 bits per heavy atom. The molecule has 0 bridgehead atoms. The fourth-order valence-electron chi connectivity index (χ4n) is 3.44. The van der Waals surface area contributed by atoms with E-state index >= 15 is 0 Å². The van der Waals surface area contributed by atoms with Crippen molar-refractivity contribution in [2.45, 2.75) is 84.4 Å². The van der Waals surface area contributed by atoms with E-state index in [0.29, 0.717) is 28.7 Å². The van der Waals surface area contributed by atoms with Crippen molar-refractivity contribution in [3.63, 3.8) is 0 Å². The molecule has 0 N–H and O–H groups in total. The van der Waals surface area contributed by atoms with Gasteiger partial charge in [0.1, 0.15) is 6.73 Å². The van der Waals surface area contributed by atoms with Gasteiger partial charge in [-0.1, -0.05) is 19.6 Å². The largest absolute Gasteiger partial charge is 0.497 e. The first-order chi connectivity index (χ1) is 14.0. The summed E-state index contributed by atoms with van der Waals surface area (Å²) in [5.41, 5.74) is -0.715. The molecule has 0 atom stereocenters. The molecule has 3 rings (SSSR count). The topological polar surface area (TPSA) is 45.5 Å². The van der Waals surface area contributed by atoms with E-state index in [-0.39, 0.29) is 6.73 Å². The number of nitrogens with zero attached hydrogens (tertiary/aromatic N) is 2. The quantitative estimate of drug-likeness (QED) is 0.455. The van der Waals surface area contributed by atoms with Crippen LogP contribution < -0.4 is 5.46 Å². The Labute approximate surface area is 183 Å². The molecule has 1 aromatic heterocycles. The SMILES string of the molecule is Cc1nn(COCC[Si](C)(C)C)c2c(B3OC(C)(C)C(C)(C)O3)cc(C(F)(F)F)cc12. The van der Waals surface area contributed by atoms with Gasteiger partial charge < -0.3 is 14.0 Å². The van der Waals surface area contributed by atoms with Gasteiger partial charge in [0.25, 0.3) is 0 Å². The molecule has 0 amide bonds. The number of fused-ring (bicyclic) bond motifs is 1. The van der Waals surface area contributed by atoms with E-state index in [2.05, 4.69) is 24.7 Å². The molecule has 1 aliphatic rings. The second-order valence-corrected chi connectivity index (χ2v) is 16.1. The minimum atomic E-state index is -4.49. The average Bonchev–Trinajstić information content (AvgIpc) is 3.02. The van der Waals surface area contributed by atoms with E-state index in [4.69, 9.17) is 14.0 Å². The first kappa shape index (κ1) is 24.3. The molecule has 1 aromatic carbocycles. The summed E-state index contributed by atoms with van der Waals surface area (Å²) in [4.78, 5) is 0. The van der Waals surface area contributed by atoms with Crippen LogP contribution in [0.25, 0.3) is 10.9 Å². The predicted molar refractivity (Wildman–Crippen MR) is 119 cm³/mol. The van der Waals surface area contributed by atoms with Gasteiger partial charge in [-0.2, -0.15) is 18.3 Å². The number of halogens is 3. The molecule has 0 aliphatic carbocycles. The van der Waals surface area contributed by atoms with E-state index in [9.17, 15) is 13.2 Å². The lowest BCUT2D eigenvalue weighted by Crippen LogP contribution is -2.41. The predicted octanol–water partition coefficient (Wildman–Crippen LogP) is 4.98. The highest BCUT2D eigenvalue weighted by Crippen LogP contribution is 2.38. The minimum Gasteiger partial charge on any atom is -0.399 e. The highest BCUT2D eigenvalue weighted by molar-refractivity contribution is 6.76. The van der Waals surface area contributed by atoms with Crippen LogP contribution in [0.4, 0.5) is 13.2 Å². The van der Waals surface area contributed by atoms with Crippen LogP contribution in [0.3, 0.4) is 0 Å². The zero-order valence-electron chi connectivity index (χ0n) is 19.6. The Morgan fingerprint density at radius 1 is 1.10 bits per heavy atom. The maximum atomic E-state index is 13.7. The van der Waals surface area contributed by atoms with Gasteiger partial charge in [-0.25, -0.2) is 4.68 Å². The number of alkyl halides is 3. The number of hydrogen-bond acceptors (Lipinski definition) is 4. The van der Waals surface area contributed by atoms with Gasteiger partial charge in [-0.15, -0.1) is 0 Å². The van der Waals surface area contributed by atoms with Crippen LogP contribution in [0.15, 0.2) is 12.1 Å². The van der Waals surface area contributed by atoms with Crippen LogP contribution in [0.5, 0.6) is 0 Å². The van der Waals surface area contributed by atoms with Crippen LogP contribution in [0.2, 0.25) is 25.7 Å². The number of benzene rings is 1. The van der Waals surface area contributed by atoms with Gasteiger partial charge in [0.2, 0.25) is 0 Å². The van der Waals surface area contributed by atoms with Crippen molar-refractivity contribution in [2.24, 2.45) is 0 Å². The number of hydrogen-bond donors (Lipinski definition) is 0. The van der Waals surface area contributed by atoms with E-state index in [0.717, 1.165) is 18.2 Å². The van der Waals surface area contributed by atoms with Crippen molar-refractivity contribution in [3.05, 3.63) is 23.4 Å². The first-order valence-corrected chi connectivity index (χ1v) is 14.2. The zero-order chi connectivity index (χ0) is 23.4. The molecule has 0 saturated carbocycles. The maximum absolute atomic E-state index is 13.7. The summed E-state index contributed by atoms with van der Waals surface area (Å²) in [6.07, 6.45) is -4.49. The Balaban J connectivity index is 2.06. The molecule has 172 valence electrons. The van der Waals surface area contributed by atoms with E-state index < -0.39 is 38.1 Å². The van der Waals surface area contributed by atoms with Crippen molar-refractivity contribution in [1.82, 2.24) is 9.78 Å². The Hall–Kier alpha value is -1.36. The van der Waals surface area contributed by atoms with Gasteiger partial charge in [0.15, 0.2) is 0 Å². The van der Waals surface area contributed by atoms with Crippen LogP contribution in [-0.2, 0) is 27.0 Å². The first-order valence-electron chi connectivity index (χ1n) is 10.5. The molecule has 2 heterocycles. The molecule has 0 spiro atoms. The van der Waals surface area contributed by atoms with Gasteiger partial charge in [0, 0.05) is 25.5 Å². The second kappa shape index (κ2) is 7.90. The van der Waals surface area contributed by atoms with E-state index in [1.165, 1.54) is 0 Å². The smallest absolute Gasteiger partial charge is 0.399 e. The summed E-state index contributed by atoms with van der Waals surface area (Å²) in [6, 6.07) is 3.25. The molecule has 0 radical (unpaired) electrons. The number of rotatable bonds is 6. The number of ether oxygens (including phenoxy) is 1. The highest BCUT2D eigenvalue weighted by Gasteiger charge is 2.53. The average molecular weight is 456 g/mol. The van der Waals surface area contributed by atoms with Gasteiger partial charge in [-0.05, 0) is 52.8 Å². The van der Waals surface area contributed by atoms with Gasteiger partial charge >= 0.3 is 13.3 Å². The fourth-order valence-corrected chi connectivity index (χ4v) is 4.20. The molecule has 0 unspecified atom stereocenters. The molecular weight excluding hydrogens is 424 g/mol. The Morgan fingerprint density at radius 2 is 1.68 bits per heavy atom. The van der Waals surface area contributed by atoms with Crippen LogP contribution in [0, 0.1) is 6.92 Å². The normalized spacial score (nSPS) is 18.9. The van der Waals surface area contributed by atoms with Gasteiger partial charge in [-0.3, -0.25) is 0 Å². The standard InChI is InChI=1S/C21H32BF3N2O3Si/c1-14-16-11-15(21(23,24)25)12-17(22-29-19(2,3)20(4,5)30-22)18(16)27(26-14)13-28-9-10-31(6,7)8/h11-12H,9-10,13H2,1-8H3. The zero-order valence-corrected chi connectivity index (χ0v) is 20.6. The van der Waals surface area contributed by atoms with Crippen LogP contribution >= 0.6 is 0 Å². The van der Waals surface area contributed by atoms with Crippen molar-refractivity contribution >= 4 is 31.6 Å². The van der Waals surface area contributed by atoms with Crippen molar-refractivity contribution < 1.29 is 27.2 Å². The second-order valence-electron chi connectivity index (χ2n) is 10.5. The number of aryl methyl sites for hydroxylation is 1. The monoisotopic (exact) mass is 456 g/mol. The third-order valence-corrected chi connectivity index (χ3v) is 7.81. The lowest BCUT2D eigenvalue weighted by molar-refractivity contribution is -0.137. The lowest BCUT2D eigenvalue weighted by Gasteiger charge is -2.32. The maximum Gasteiger partial charge on any atom is 0.497 e. The molecule has 1 aliphatic heterocycles. The highest BCUT2D eigenvalue weighted by atomic mass is 28.3. The van der Waals surface area contributed by atoms with Gasteiger partial charge in [0.05, 0.1) is 28.0 Å². The van der Waals surface area contributed by atoms with Crippen LogP contribution in [-0.4, -0.2) is 42.8 Å². The van der Waals surface area contributed by atoms with E-state index in [1.54, 1.807) is 11.6 Å². The molecule has 31 heavy (non-hydrogen) atoms. The summed E-state index contributed by atoms with van der Waals surface area (Å²) in [6.45, 7) is 16.7. The third-order valence-electron chi connectivity index (χ3n) is 6.10.